The first-order chi connectivity index (χ1) is 14.2. The van der Waals surface area contributed by atoms with E-state index in [2.05, 4.69) is 53.3 Å². The molecule has 0 radical (unpaired) electrons. The summed E-state index contributed by atoms with van der Waals surface area (Å²) in [6.07, 6.45) is 21.3. The van der Waals surface area contributed by atoms with Crippen LogP contribution in [0.5, 0.6) is 0 Å². The van der Waals surface area contributed by atoms with Crippen molar-refractivity contribution in [3.05, 3.63) is 53.9 Å². The van der Waals surface area contributed by atoms with E-state index in [1.165, 1.54) is 43.2 Å². The highest BCUT2D eigenvalue weighted by atomic mass is 16.3. The molecule has 1 aromatic heterocycles. The summed E-state index contributed by atoms with van der Waals surface area (Å²) in [7, 11) is 0. The fraction of sp³-hybridized carbons (Fsp3) is 0.538. The van der Waals surface area contributed by atoms with Gasteiger partial charge in [0.25, 0.3) is 0 Å². The molecule has 2 rings (SSSR count). The molecule has 29 heavy (non-hydrogen) atoms. The van der Waals surface area contributed by atoms with Crippen molar-refractivity contribution in [3.8, 4) is 11.4 Å². The minimum Gasteiger partial charge on any atom is -0.393 e. The van der Waals surface area contributed by atoms with Crippen LogP contribution in [0, 0.1) is 0 Å². The second kappa shape index (κ2) is 14.1. The number of hydrogen-bond donors (Lipinski definition) is 1. The maximum Gasteiger partial charge on any atom is 0.159 e. The fourth-order valence-electron chi connectivity index (χ4n) is 3.41. The smallest absolute Gasteiger partial charge is 0.159 e. The van der Waals surface area contributed by atoms with Gasteiger partial charge < -0.3 is 5.11 Å². The van der Waals surface area contributed by atoms with Crippen molar-refractivity contribution in [2.45, 2.75) is 90.6 Å². The molecule has 0 fully saturated rings. The van der Waals surface area contributed by atoms with E-state index in [1.54, 1.807) is 0 Å². The molecular weight excluding hydrogens is 356 g/mol. The zero-order chi connectivity index (χ0) is 20.7. The standard InChI is InChI=1S/C26H38N2O/c1-3-4-5-6-7-8-11-14-23-16-18-25(19-17-23)26-27-20-24(21-28-26)15-12-9-10-13-22(2)29/h11,14,16-22,29H,3-10,12-13,15H2,1-2H3. The SMILES string of the molecule is CCCCCCCC=Cc1ccc(-c2ncc(CCCCCC(C)O)cn2)cc1. The van der Waals surface area contributed by atoms with Gasteiger partial charge in [0.2, 0.25) is 0 Å². The van der Waals surface area contributed by atoms with Crippen molar-refractivity contribution < 1.29 is 5.11 Å². The molecule has 0 aliphatic carbocycles. The molecule has 3 heteroatoms. The van der Waals surface area contributed by atoms with E-state index in [0.717, 1.165) is 49.9 Å². The third-order valence-electron chi connectivity index (χ3n) is 5.25. The molecule has 0 amide bonds. The Morgan fingerprint density at radius 1 is 0.897 bits per heavy atom. The molecule has 1 atom stereocenters. The van der Waals surface area contributed by atoms with E-state index < -0.39 is 0 Å². The third kappa shape index (κ3) is 9.85. The van der Waals surface area contributed by atoms with Gasteiger partial charge in [-0.15, -0.1) is 0 Å². The van der Waals surface area contributed by atoms with Crippen LogP contribution in [-0.2, 0) is 6.42 Å². The summed E-state index contributed by atoms with van der Waals surface area (Å²) in [6, 6.07) is 8.49. The molecule has 1 unspecified atom stereocenters. The zero-order valence-electron chi connectivity index (χ0n) is 18.3. The van der Waals surface area contributed by atoms with Gasteiger partial charge in [0.05, 0.1) is 6.10 Å². The Balaban J connectivity index is 1.74. The lowest BCUT2D eigenvalue weighted by Crippen LogP contribution is -1.98. The number of aliphatic hydroxyl groups is 1. The quantitative estimate of drug-likeness (QED) is 0.351. The van der Waals surface area contributed by atoms with Gasteiger partial charge in [-0.05, 0) is 50.2 Å². The van der Waals surface area contributed by atoms with E-state index in [1.807, 2.05) is 19.3 Å². The summed E-state index contributed by atoms with van der Waals surface area (Å²) in [5.41, 5.74) is 3.48. The molecule has 1 heterocycles. The molecule has 158 valence electrons. The van der Waals surface area contributed by atoms with Crippen molar-refractivity contribution in [1.29, 1.82) is 0 Å². The summed E-state index contributed by atoms with van der Waals surface area (Å²) in [5.74, 6) is 0.786. The summed E-state index contributed by atoms with van der Waals surface area (Å²) in [4.78, 5) is 9.10. The molecule has 2 aromatic rings. The Bertz CT molecular complexity index is 690. The van der Waals surface area contributed by atoms with Crippen molar-refractivity contribution in [1.82, 2.24) is 9.97 Å². The number of hydrogen-bond acceptors (Lipinski definition) is 3. The van der Waals surface area contributed by atoms with Gasteiger partial charge in [0.15, 0.2) is 5.82 Å². The van der Waals surface area contributed by atoms with Gasteiger partial charge in [0, 0.05) is 18.0 Å². The van der Waals surface area contributed by atoms with Gasteiger partial charge in [0.1, 0.15) is 0 Å². The summed E-state index contributed by atoms with van der Waals surface area (Å²) in [6.45, 7) is 4.11. The molecule has 0 aliphatic heterocycles. The Kier molecular flexibility index (Phi) is 11.3. The minimum absolute atomic E-state index is 0.185. The second-order valence-corrected chi connectivity index (χ2v) is 8.09. The maximum atomic E-state index is 9.29. The summed E-state index contributed by atoms with van der Waals surface area (Å²) in [5, 5.41) is 9.29. The van der Waals surface area contributed by atoms with Crippen LogP contribution in [0.25, 0.3) is 17.5 Å². The van der Waals surface area contributed by atoms with E-state index in [4.69, 9.17) is 0 Å². The van der Waals surface area contributed by atoms with E-state index in [-0.39, 0.29) is 6.10 Å². The molecular formula is C26H38N2O. The molecule has 0 aliphatic rings. The van der Waals surface area contributed by atoms with Crippen LogP contribution in [0.2, 0.25) is 0 Å². The molecule has 0 saturated carbocycles. The first kappa shape index (κ1) is 23.3. The largest absolute Gasteiger partial charge is 0.393 e. The highest BCUT2D eigenvalue weighted by Gasteiger charge is 2.02. The summed E-state index contributed by atoms with van der Waals surface area (Å²) >= 11 is 0. The molecule has 1 N–H and O–H groups in total. The number of unbranched alkanes of at least 4 members (excludes halogenated alkanes) is 7. The predicted molar refractivity (Wildman–Crippen MR) is 124 cm³/mol. The highest BCUT2D eigenvalue weighted by molar-refractivity contribution is 5.59. The number of aryl methyl sites for hydroxylation is 1. The number of allylic oxidation sites excluding steroid dienone is 1. The Morgan fingerprint density at radius 3 is 2.28 bits per heavy atom. The van der Waals surface area contributed by atoms with Crippen LogP contribution in [0.4, 0.5) is 0 Å². The first-order valence-corrected chi connectivity index (χ1v) is 11.4. The zero-order valence-corrected chi connectivity index (χ0v) is 18.3. The Labute approximate surface area is 177 Å². The summed E-state index contributed by atoms with van der Waals surface area (Å²) < 4.78 is 0. The van der Waals surface area contributed by atoms with Gasteiger partial charge in [-0.2, -0.15) is 0 Å². The van der Waals surface area contributed by atoms with Crippen LogP contribution in [0.15, 0.2) is 42.7 Å². The van der Waals surface area contributed by atoms with Gasteiger partial charge in [-0.25, -0.2) is 9.97 Å². The maximum absolute atomic E-state index is 9.29. The van der Waals surface area contributed by atoms with Gasteiger partial charge in [-0.1, -0.05) is 81.9 Å². The lowest BCUT2D eigenvalue weighted by molar-refractivity contribution is 0.180. The second-order valence-electron chi connectivity index (χ2n) is 8.09. The monoisotopic (exact) mass is 394 g/mol. The highest BCUT2D eigenvalue weighted by Crippen LogP contribution is 2.17. The van der Waals surface area contributed by atoms with Crippen LogP contribution in [0.3, 0.4) is 0 Å². The number of benzene rings is 1. The predicted octanol–water partition coefficient (Wildman–Crippen LogP) is 7.00. The lowest BCUT2D eigenvalue weighted by Gasteiger charge is -2.05. The Morgan fingerprint density at radius 2 is 1.59 bits per heavy atom. The number of nitrogens with zero attached hydrogens (tertiary/aromatic N) is 2. The number of aliphatic hydroxyl groups excluding tert-OH is 1. The van der Waals surface area contributed by atoms with Crippen molar-refractivity contribution in [3.63, 3.8) is 0 Å². The number of rotatable bonds is 14. The first-order valence-electron chi connectivity index (χ1n) is 11.4. The fourth-order valence-corrected chi connectivity index (χ4v) is 3.41. The van der Waals surface area contributed by atoms with E-state index in [0.29, 0.717) is 0 Å². The molecule has 1 aromatic carbocycles. The minimum atomic E-state index is -0.185. The van der Waals surface area contributed by atoms with Gasteiger partial charge >= 0.3 is 0 Å². The van der Waals surface area contributed by atoms with Crippen molar-refractivity contribution in [2.24, 2.45) is 0 Å². The van der Waals surface area contributed by atoms with Crippen LogP contribution < -0.4 is 0 Å². The van der Waals surface area contributed by atoms with Crippen LogP contribution in [-0.4, -0.2) is 21.2 Å². The van der Waals surface area contributed by atoms with Gasteiger partial charge in [-0.3, -0.25) is 0 Å². The molecule has 0 bridgehead atoms. The lowest BCUT2D eigenvalue weighted by atomic mass is 10.1. The molecule has 0 spiro atoms. The average Bonchev–Trinajstić information content (AvgIpc) is 2.74. The van der Waals surface area contributed by atoms with Crippen molar-refractivity contribution in [2.75, 3.05) is 0 Å². The topological polar surface area (TPSA) is 46.0 Å². The normalized spacial score (nSPS) is 12.5. The average molecular weight is 395 g/mol. The van der Waals surface area contributed by atoms with E-state index in [9.17, 15) is 5.11 Å². The molecule has 3 nitrogen and oxygen atoms in total. The van der Waals surface area contributed by atoms with Crippen molar-refractivity contribution >= 4 is 6.08 Å². The number of aromatic nitrogens is 2. The van der Waals surface area contributed by atoms with Crippen LogP contribution >= 0.6 is 0 Å². The Hall–Kier alpha value is -2.00. The van der Waals surface area contributed by atoms with E-state index >= 15 is 0 Å². The third-order valence-corrected chi connectivity index (χ3v) is 5.25. The van der Waals surface area contributed by atoms with Crippen LogP contribution in [0.1, 0.15) is 89.2 Å². The molecule has 0 saturated heterocycles.